The monoisotopic (exact) mass is 396 g/mol. The van der Waals surface area contributed by atoms with Gasteiger partial charge in [0.05, 0.1) is 23.8 Å². The van der Waals surface area contributed by atoms with Crippen molar-refractivity contribution in [1.29, 1.82) is 0 Å². The zero-order chi connectivity index (χ0) is 20.5. The molecular formula is C24H20N4O2. The van der Waals surface area contributed by atoms with Crippen LogP contribution in [0.25, 0.3) is 16.7 Å². The molecule has 0 saturated carbocycles. The largest absolute Gasteiger partial charge is 0.497 e. The van der Waals surface area contributed by atoms with Crippen LogP contribution in [-0.2, 0) is 0 Å². The standard InChI is InChI=1S/C24H20N4O2/c1-30-18-13-11-16(12-14-18)21-15-22(23-25-19-9-5-6-10-20(19)26-23)28(27-21)24(29)17-7-3-2-4-8-17/h2-15,22,27H,1H3,(H,25,26). The number of amides is 1. The molecule has 6 nitrogen and oxygen atoms in total. The fraction of sp³-hybridized carbons (Fsp3) is 0.0833. The highest BCUT2D eigenvalue weighted by molar-refractivity contribution is 5.95. The molecule has 0 spiro atoms. The van der Waals surface area contributed by atoms with Gasteiger partial charge in [-0.1, -0.05) is 30.3 Å². The first-order chi connectivity index (χ1) is 14.7. The summed E-state index contributed by atoms with van der Waals surface area (Å²) in [6, 6.07) is 24.4. The number of aromatic nitrogens is 2. The number of hydrogen-bond donors (Lipinski definition) is 2. The Hall–Kier alpha value is -4.06. The second kappa shape index (κ2) is 7.40. The van der Waals surface area contributed by atoms with Gasteiger partial charge in [-0.3, -0.25) is 10.2 Å². The third-order valence-electron chi connectivity index (χ3n) is 5.17. The molecule has 0 saturated heterocycles. The summed E-state index contributed by atoms with van der Waals surface area (Å²) >= 11 is 0. The van der Waals surface area contributed by atoms with Gasteiger partial charge in [0.2, 0.25) is 0 Å². The van der Waals surface area contributed by atoms with Crippen molar-refractivity contribution < 1.29 is 9.53 Å². The van der Waals surface area contributed by atoms with E-state index in [2.05, 4.69) is 10.4 Å². The van der Waals surface area contributed by atoms with Crippen molar-refractivity contribution >= 4 is 22.6 Å². The van der Waals surface area contributed by atoms with Crippen molar-refractivity contribution in [2.75, 3.05) is 7.11 Å². The molecule has 1 aliphatic rings. The van der Waals surface area contributed by atoms with E-state index in [1.807, 2.05) is 84.9 Å². The van der Waals surface area contributed by atoms with Crippen LogP contribution in [0, 0.1) is 0 Å². The summed E-state index contributed by atoms with van der Waals surface area (Å²) in [6.07, 6.45) is 2.01. The number of imidazole rings is 1. The number of aromatic amines is 1. The smallest absolute Gasteiger partial charge is 0.273 e. The number of para-hydroxylation sites is 2. The Kier molecular flexibility index (Phi) is 4.44. The minimum absolute atomic E-state index is 0.124. The first-order valence-electron chi connectivity index (χ1n) is 9.69. The van der Waals surface area contributed by atoms with Crippen molar-refractivity contribution in [1.82, 2.24) is 20.4 Å². The summed E-state index contributed by atoms with van der Waals surface area (Å²) in [5.41, 5.74) is 7.49. The number of ether oxygens (including phenoxy) is 1. The maximum Gasteiger partial charge on any atom is 0.273 e. The van der Waals surface area contributed by atoms with Crippen LogP contribution < -0.4 is 10.2 Å². The molecule has 3 aromatic carbocycles. The lowest BCUT2D eigenvalue weighted by atomic mass is 10.1. The Balaban J connectivity index is 1.55. The second-order valence-corrected chi connectivity index (χ2v) is 7.05. The van der Waals surface area contributed by atoms with E-state index in [1.54, 1.807) is 12.1 Å². The van der Waals surface area contributed by atoms with Crippen LogP contribution in [0.5, 0.6) is 5.75 Å². The molecule has 1 aliphatic heterocycles. The average Bonchev–Trinajstić information content (AvgIpc) is 3.44. The van der Waals surface area contributed by atoms with E-state index < -0.39 is 0 Å². The Morgan fingerprint density at radius 1 is 0.967 bits per heavy atom. The number of benzene rings is 3. The van der Waals surface area contributed by atoms with Gasteiger partial charge in [0.15, 0.2) is 0 Å². The van der Waals surface area contributed by atoms with Gasteiger partial charge in [0, 0.05) is 5.56 Å². The fourth-order valence-corrected chi connectivity index (χ4v) is 3.61. The maximum atomic E-state index is 13.3. The van der Waals surface area contributed by atoms with Gasteiger partial charge in [-0.05, 0) is 60.2 Å². The van der Waals surface area contributed by atoms with Crippen molar-refractivity contribution in [3.8, 4) is 5.75 Å². The number of hydrazine groups is 1. The molecule has 1 unspecified atom stereocenters. The molecule has 0 radical (unpaired) electrons. The number of methoxy groups -OCH3 is 1. The molecule has 0 aliphatic carbocycles. The van der Waals surface area contributed by atoms with Crippen molar-refractivity contribution in [2.24, 2.45) is 0 Å². The lowest BCUT2D eigenvalue weighted by Crippen LogP contribution is -2.39. The first-order valence-corrected chi connectivity index (χ1v) is 9.69. The molecule has 1 atom stereocenters. The van der Waals surface area contributed by atoms with Crippen LogP contribution in [0.3, 0.4) is 0 Å². The van der Waals surface area contributed by atoms with Crippen LogP contribution in [0.15, 0.2) is 84.9 Å². The Labute approximate surface area is 173 Å². The fourth-order valence-electron chi connectivity index (χ4n) is 3.61. The third kappa shape index (κ3) is 3.18. The Morgan fingerprint density at radius 3 is 2.43 bits per heavy atom. The second-order valence-electron chi connectivity index (χ2n) is 7.05. The molecule has 0 fully saturated rings. The predicted molar refractivity (Wildman–Crippen MR) is 116 cm³/mol. The zero-order valence-electron chi connectivity index (χ0n) is 16.4. The van der Waals surface area contributed by atoms with Gasteiger partial charge in [0.25, 0.3) is 5.91 Å². The van der Waals surface area contributed by atoms with E-state index in [4.69, 9.17) is 9.72 Å². The quantitative estimate of drug-likeness (QED) is 0.539. The average molecular weight is 396 g/mol. The number of H-pyrrole nitrogens is 1. The van der Waals surface area contributed by atoms with Crippen LogP contribution >= 0.6 is 0 Å². The van der Waals surface area contributed by atoms with Gasteiger partial charge in [0.1, 0.15) is 17.6 Å². The lowest BCUT2D eigenvalue weighted by Gasteiger charge is -2.24. The molecule has 1 amide bonds. The van der Waals surface area contributed by atoms with E-state index in [1.165, 1.54) is 0 Å². The summed E-state index contributed by atoms with van der Waals surface area (Å²) in [4.78, 5) is 21.4. The van der Waals surface area contributed by atoms with E-state index in [9.17, 15) is 4.79 Å². The van der Waals surface area contributed by atoms with Gasteiger partial charge in [-0.25, -0.2) is 9.99 Å². The molecule has 4 aromatic rings. The number of rotatable bonds is 4. The molecular weight excluding hydrogens is 376 g/mol. The zero-order valence-corrected chi connectivity index (χ0v) is 16.4. The lowest BCUT2D eigenvalue weighted by molar-refractivity contribution is 0.0666. The van der Waals surface area contributed by atoms with Crippen LogP contribution in [0.1, 0.15) is 27.8 Å². The van der Waals surface area contributed by atoms with Crippen molar-refractivity contribution in [2.45, 2.75) is 6.04 Å². The van der Waals surface area contributed by atoms with Crippen molar-refractivity contribution in [3.63, 3.8) is 0 Å². The molecule has 0 bridgehead atoms. The summed E-state index contributed by atoms with van der Waals surface area (Å²) in [6.45, 7) is 0. The van der Waals surface area contributed by atoms with Gasteiger partial charge in [-0.2, -0.15) is 0 Å². The molecule has 148 valence electrons. The summed E-state index contributed by atoms with van der Waals surface area (Å²) in [5, 5.41) is 1.62. The van der Waals surface area contributed by atoms with Gasteiger partial charge < -0.3 is 9.72 Å². The van der Waals surface area contributed by atoms with E-state index >= 15 is 0 Å². The minimum Gasteiger partial charge on any atom is -0.497 e. The topological polar surface area (TPSA) is 70.2 Å². The summed E-state index contributed by atoms with van der Waals surface area (Å²) < 4.78 is 5.25. The normalized spacial score (nSPS) is 15.7. The van der Waals surface area contributed by atoms with Crippen molar-refractivity contribution in [3.05, 3.63) is 102 Å². The summed E-state index contributed by atoms with van der Waals surface area (Å²) in [5.74, 6) is 1.36. The van der Waals surface area contributed by atoms with E-state index in [0.717, 1.165) is 28.0 Å². The molecule has 2 heterocycles. The maximum absolute atomic E-state index is 13.3. The van der Waals surface area contributed by atoms with Crippen LogP contribution in [-0.4, -0.2) is 28.0 Å². The molecule has 30 heavy (non-hydrogen) atoms. The van der Waals surface area contributed by atoms with Gasteiger partial charge in [-0.15, -0.1) is 0 Å². The molecule has 5 rings (SSSR count). The van der Waals surface area contributed by atoms with Crippen LogP contribution in [0.2, 0.25) is 0 Å². The van der Waals surface area contributed by atoms with Crippen LogP contribution in [0.4, 0.5) is 0 Å². The first kappa shape index (κ1) is 18.0. The third-order valence-corrected chi connectivity index (χ3v) is 5.17. The highest BCUT2D eigenvalue weighted by Crippen LogP contribution is 2.32. The molecule has 1 aromatic heterocycles. The Morgan fingerprint density at radius 2 is 1.70 bits per heavy atom. The highest BCUT2D eigenvalue weighted by Gasteiger charge is 2.33. The SMILES string of the molecule is COc1ccc(C2=CC(c3nc4ccccc4[nH]3)N(C(=O)c3ccccc3)N2)cc1. The van der Waals surface area contributed by atoms with Gasteiger partial charge >= 0.3 is 0 Å². The highest BCUT2D eigenvalue weighted by atomic mass is 16.5. The number of carbonyl (C=O) groups excluding carboxylic acids is 1. The molecule has 6 heteroatoms. The molecule has 2 N–H and O–H groups in total. The number of hydrogen-bond acceptors (Lipinski definition) is 4. The number of fused-ring (bicyclic) bond motifs is 1. The number of carbonyl (C=O) groups is 1. The number of nitrogens with zero attached hydrogens (tertiary/aromatic N) is 2. The van der Waals surface area contributed by atoms with E-state index in [0.29, 0.717) is 11.4 Å². The van der Waals surface area contributed by atoms with E-state index in [-0.39, 0.29) is 11.9 Å². The predicted octanol–water partition coefficient (Wildman–Crippen LogP) is 4.31. The number of nitrogens with one attached hydrogen (secondary N) is 2. The summed E-state index contributed by atoms with van der Waals surface area (Å²) in [7, 11) is 1.64. The minimum atomic E-state index is -0.373. The Bertz CT molecular complexity index is 1200.